The fourth-order valence-electron chi connectivity index (χ4n) is 2.84. The Labute approximate surface area is 188 Å². The van der Waals surface area contributed by atoms with Gasteiger partial charge in [-0.25, -0.2) is 0 Å². The van der Waals surface area contributed by atoms with Crippen LogP contribution in [0.15, 0.2) is 46.3 Å². The Kier molecular flexibility index (Phi) is 8.12. The van der Waals surface area contributed by atoms with Crippen molar-refractivity contribution in [3.05, 3.63) is 41.2 Å². The lowest BCUT2D eigenvalue weighted by atomic mass is 10.3. The van der Waals surface area contributed by atoms with E-state index in [1.165, 1.54) is 23.1 Å². The molecule has 0 aliphatic carbocycles. The van der Waals surface area contributed by atoms with E-state index in [1.807, 2.05) is 36.4 Å². The molecule has 3 rings (SSSR count). The van der Waals surface area contributed by atoms with E-state index in [0.29, 0.717) is 16.3 Å². The average Bonchev–Trinajstić information content (AvgIpc) is 3.10. The minimum Gasteiger partial charge on any atom is -0.497 e. The predicted molar refractivity (Wildman–Crippen MR) is 126 cm³/mol. The van der Waals surface area contributed by atoms with E-state index < -0.39 is 0 Å². The first-order valence-electron chi connectivity index (χ1n) is 9.18. The van der Waals surface area contributed by atoms with Gasteiger partial charge in [0.15, 0.2) is 16.3 Å². The molecule has 0 fully saturated rings. The molecule has 0 spiro atoms. The van der Waals surface area contributed by atoms with Gasteiger partial charge in [-0.05, 0) is 30.5 Å². The molecule has 0 saturated heterocycles. The molecule has 160 valence electrons. The number of amides is 1. The first-order chi connectivity index (χ1) is 14.6. The van der Waals surface area contributed by atoms with Crippen molar-refractivity contribution < 1.29 is 19.0 Å². The van der Waals surface area contributed by atoms with Crippen LogP contribution in [0.2, 0.25) is 0 Å². The molecule has 0 N–H and O–H groups in total. The molecule has 0 aliphatic heterocycles. The topological polar surface area (TPSA) is 62.1 Å². The highest BCUT2D eigenvalue weighted by molar-refractivity contribution is 8.00. The summed E-state index contributed by atoms with van der Waals surface area (Å²) in [6, 6.07) is 11.5. The average molecular weight is 465 g/mol. The zero-order valence-corrected chi connectivity index (χ0v) is 19.8. The van der Waals surface area contributed by atoms with E-state index in [2.05, 4.69) is 15.8 Å². The van der Waals surface area contributed by atoms with Crippen LogP contribution in [0.1, 0.15) is 0 Å². The van der Waals surface area contributed by atoms with E-state index in [9.17, 15) is 4.79 Å². The monoisotopic (exact) mass is 464 g/mol. The Hall–Kier alpha value is -2.10. The smallest absolute Gasteiger partial charge is 0.258 e. The summed E-state index contributed by atoms with van der Waals surface area (Å²) in [6.45, 7) is 0.758. The van der Waals surface area contributed by atoms with Crippen molar-refractivity contribution in [2.75, 3.05) is 39.1 Å². The van der Waals surface area contributed by atoms with Crippen LogP contribution < -0.4 is 19.0 Å². The van der Waals surface area contributed by atoms with Gasteiger partial charge in [-0.3, -0.25) is 4.79 Å². The molecule has 0 radical (unpaired) electrons. The predicted octanol–water partition coefficient (Wildman–Crippen LogP) is 4.31. The highest BCUT2D eigenvalue weighted by atomic mass is 32.2. The number of hydrogen-bond acceptors (Lipinski definition) is 7. The summed E-state index contributed by atoms with van der Waals surface area (Å²) in [5, 5.41) is 0. The maximum atomic E-state index is 12.6. The normalized spacial score (nSPS) is 11.7. The van der Waals surface area contributed by atoms with E-state index in [-0.39, 0.29) is 11.7 Å². The van der Waals surface area contributed by atoms with Crippen molar-refractivity contribution >= 4 is 51.0 Å². The van der Waals surface area contributed by atoms with Crippen LogP contribution in [0.4, 0.5) is 0 Å². The third-order valence-electron chi connectivity index (χ3n) is 4.35. The summed E-state index contributed by atoms with van der Waals surface area (Å²) in [5.41, 5.74) is 0.987. The Morgan fingerprint density at radius 3 is 2.40 bits per heavy atom. The molecule has 1 aromatic heterocycles. The molecular formula is C21H24N2O4S3. The van der Waals surface area contributed by atoms with Gasteiger partial charge in [0.25, 0.3) is 5.91 Å². The van der Waals surface area contributed by atoms with Crippen molar-refractivity contribution in [2.24, 2.45) is 4.99 Å². The third-order valence-corrected chi connectivity index (χ3v) is 6.98. The summed E-state index contributed by atoms with van der Waals surface area (Å²) in [5.74, 6) is 3.14. The summed E-state index contributed by atoms with van der Waals surface area (Å²) in [4.78, 5) is 18.7. The molecule has 6 nitrogen and oxygen atoms in total. The van der Waals surface area contributed by atoms with Crippen LogP contribution in [-0.2, 0) is 11.3 Å². The summed E-state index contributed by atoms with van der Waals surface area (Å²) in [6.07, 6.45) is 2.06. The molecule has 3 aromatic rings. The molecule has 0 atom stereocenters. The molecule has 0 saturated carbocycles. The number of aryl methyl sites for hydroxylation is 1. The largest absolute Gasteiger partial charge is 0.497 e. The highest BCUT2D eigenvalue weighted by Gasteiger charge is 2.13. The molecule has 0 unspecified atom stereocenters. The molecule has 30 heavy (non-hydrogen) atoms. The van der Waals surface area contributed by atoms with Gasteiger partial charge in [-0.2, -0.15) is 16.8 Å². The van der Waals surface area contributed by atoms with E-state index in [1.54, 1.807) is 33.1 Å². The first kappa shape index (κ1) is 22.6. The number of carbonyl (C=O) groups is 1. The minimum absolute atomic E-state index is 0.167. The maximum Gasteiger partial charge on any atom is 0.258 e. The van der Waals surface area contributed by atoms with Crippen molar-refractivity contribution in [1.82, 2.24) is 4.57 Å². The summed E-state index contributed by atoms with van der Waals surface area (Å²) >= 11 is 4.70. The van der Waals surface area contributed by atoms with Crippen molar-refractivity contribution in [3.63, 3.8) is 0 Å². The Bertz CT molecular complexity index is 1070. The van der Waals surface area contributed by atoms with E-state index in [0.717, 1.165) is 33.2 Å². The molecule has 0 aliphatic rings. The molecule has 2 aromatic carbocycles. The fraction of sp³-hybridized carbons (Fsp3) is 0.333. The van der Waals surface area contributed by atoms with Gasteiger partial charge < -0.3 is 18.8 Å². The molecular weight excluding hydrogens is 440 g/mol. The number of methoxy groups -OCH3 is 3. The Balaban J connectivity index is 1.89. The van der Waals surface area contributed by atoms with E-state index in [4.69, 9.17) is 14.2 Å². The lowest BCUT2D eigenvalue weighted by molar-refractivity contribution is -0.115. The van der Waals surface area contributed by atoms with Gasteiger partial charge >= 0.3 is 0 Å². The zero-order chi connectivity index (χ0) is 21.5. The second-order valence-electron chi connectivity index (χ2n) is 6.17. The van der Waals surface area contributed by atoms with Crippen molar-refractivity contribution in [3.8, 4) is 17.2 Å². The quantitative estimate of drug-likeness (QED) is 0.440. The number of fused-ring (bicyclic) bond motifs is 1. The van der Waals surface area contributed by atoms with E-state index >= 15 is 0 Å². The van der Waals surface area contributed by atoms with Gasteiger partial charge in [-0.15, -0.1) is 11.8 Å². The highest BCUT2D eigenvalue weighted by Crippen LogP contribution is 2.33. The van der Waals surface area contributed by atoms with Gasteiger partial charge in [0, 0.05) is 29.3 Å². The summed E-state index contributed by atoms with van der Waals surface area (Å²) in [7, 11) is 4.87. The van der Waals surface area contributed by atoms with Crippen molar-refractivity contribution in [2.45, 2.75) is 11.4 Å². The summed E-state index contributed by atoms with van der Waals surface area (Å²) < 4.78 is 19.1. The second-order valence-corrected chi connectivity index (χ2v) is 9.22. The molecule has 9 heteroatoms. The number of carbonyl (C=O) groups excluding carboxylic acids is 1. The van der Waals surface area contributed by atoms with Crippen LogP contribution in [0.25, 0.3) is 10.2 Å². The number of aromatic nitrogens is 1. The lowest BCUT2D eigenvalue weighted by Gasteiger charge is -2.09. The van der Waals surface area contributed by atoms with Crippen LogP contribution in [-0.4, -0.2) is 49.6 Å². The Morgan fingerprint density at radius 2 is 1.77 bits per heavy atom. The first-order valence-corrected chi connectivity index (χ1v) is 12.4. The zero-order valence-electron chi connectivity index (χ0n) is 17.3. The van der Waals surface area contributed by atoms with Crippen LogP contribution in [0.3, 0.4) is 0 Å². The molecule has 1 heterocycles. The number of hydrogen-bond donors (Lipinski definition) is 0. The fourth-order valence-corrected chi connectivity index (χ4v) is 4.97. The number of benzene rings is 2. The third kappa shape index (κ3) is 5.33. The van der Waals surface area contributed by atoms with Crippen LogP contribution >= 0.6 is 34.9 Å². The van der Waals surface area contributed by atoms with Gasteiger partial charge in [0.05, 0.1) is 37.3 Å². The number of ether oxygens (including phenoxy) is 3. The number of thiazole rings is 1. The van der Waals surface area contributed by atoms with Gasteiger partial charge in [0.2, 0.25) is 0 Å². The number of nitrogens with zero attached hydrogens (tertiary/aromatic N) is 2. The SMILES string of the molecule is COc1ccc(SCC(=O)N=c2sc3cc(OC)c(OC)cc3n2CCSC)cc1. The maximum absolute atomic E-state index is 12.6. The molecule has 1 amide bonds. The number of rotatable bonds is 9. The van der Waals surface area contributed by atoms with Crippen LogP contribution in [0, 0.1) is 0 Å². The van der Waals surface area contributed by atoms with Gasteiger partial charge in [0.1, 0.15) is 5.75 Å². The van der Waals surface area contributed by atoms with Gasteiger partial charge in [-0.1, -0.05) is 11.3 Å². The molecule has 0 bridgehead atoms. The second kappa shape index (κ2) is 10.8. The van der Waals surface area contributed by atoms with Crippen LogP contribution in [0.5, 0.6) is 17.2 Å². The standard InChI is InChI=1S/C21H24N2O4S3/c1-25-14-5-7-15(8-6-14)29-13-20(24)22-21-23(9-10-28-4)16-11-17(26-2)18(27-3)12-19(16)30-21/h5-8,11-12H,9-10,13H2,1-4H3. The lowest BCUT2D eigenvalue weighted by Crippen LogP contribution is -2.18. The Morgan fingerprint density at radius 1 is 1.07 bits per heavy atom. The van der Waals surface area contributed by atoms with Crippen molar-refractivity contribution in [1.29, 1.82) is 0 Å². The minimum atomic E-state index is -0.167. The number of thioether (sulfide) groups is 2.